The SMILES string of the molecule is CC1(C)CCC(C)(C)C2=CC3C(C=C21)C1C2=CC4C(C=C2C3(Br)C2C=C3C(=CC12)C(C)(C)CCC3(C)C)C(C)(C)CCC4(C)C. The van der Waals surface area contributed by atoms with Crippen molar-refractivity contribution in [1.82, 2.24) is 0 Å². The molecular weight excluding hydrogens is 608 g/mol. The molecule has 9 aliphatic rings. The van der Waals surface area contributed by atoms with E-state index in [1.807, 2.05) is 0 Å². The van der Waals surface area contributed by atoms with Crippen LogP contribution in [0.2, 0.25) is 0 Å². The molecule has 244 valence electrons. The van der Waals surface area contributed by atoms with Gasteiger partial charge in [-0.3, -0.25) is 0 Å². The second kappa shape index (κ2) is 8.93. The lowest BCUT2D eigenvalue weighted by Crippen LogP contribution is -2.63. The van der Waals surface area contributed by atoms with Gasteiger partial charge in [0, 0.05) is 11.8 Å². The first-order valence-corrected chi connectivity index (χ1v) is 19.4. The minimum absolute atomic E-state index is 0.0784. The maximum Gasteiger partial charge on any atom is 0.0642 e. The summed E-state index contributed by atoms with van der Waals surface area (Å²) in [7, 11) is 0. The van der Waals surface area contributed by atoms with E-state index in [2.05, 4.69) is 120 Å². The first kappa shape index (κ1) is 31.2. The van der Waals surface area contributed by atoms with Crippen molar-refractivity contribution in [3.63, 3.8) is 0 Å². The van der Waals surface area contributed by atoms with E-state index in [9.17, 15) is 0 Å². The lowest BCUT2D eigenvalue weighted by atomic mass is 9.40. The van der Waals surface area contributed by atoms with Crippen LogP contribution in [0, 0.1) is 73.9 Å². The lowest BCUT2D eigenvalue weighted by molar-refractivity contribution is 0.0237. The van der Waals surface area contributed by atoms with Crippen molar-refractivity contribution in [1.29, 1.82) is 0 Å². The highest BCUT2D eigenvalue weighted by molar-refractivity contribution is 9.10. The largest absolute Gasteiger partial charge is 0.0788 e. The fraction of sp³-hybridized carbons (Fsp3) is 0.727. The molecule has 0 aromatic heterocycles. The summed E-state index contributed by atoms with van der Waals surface area (Å²) in [5.41, 5.74) is 11.7. The number of hydrogen-bond acceptors (Lipinski definition) is 0. The van der Waals surface area contributed by atoms with Gasteiger partial charge in [-0.05, 0) is 134 Å². The lowest BCUT2D eigenvalue weighted by Gasteiger charge is -2.67. The number of allylic oxidation sites excluding steroid dienone is 12. The van der Waals surface area contributed by atoms with Crippen molar-refractivity contribution in [3.8, 4) is 0 Å². The molecule has 2 bridgehead atoms. The molecule has 0 amide bonds. The van der Waals surface area contributed by atoms with Crippen molar-refractivity contribution in [3.05, 3.63) is 69.9 Å². The summed E-state index contributed by atoms with van der Waals surface area (Å²) in [5.74, 6) is 3.83. The first-order chi connectivity index (χ1) is 20.6. The molecule has 0 spiro atoms. The summed E-state index contributed by atoms with van der Waals surface area (Å²) < 4.78 is -0.0784. The molecule has 0 heterocycles. The Bertz CT molecular complexity index is 1480. The molecule has 0 N–H and O–H groups in total. The minimum atomic E-state index is -0.0784. The smallest absolute Gasteiger partial charge is 0.0642 e. The fourth-order valence-electron chi connectivity index (χ4n) is 12.2. The number of hydrogen-bond donors (Lipinski definition) is 0. The first-order valence-electron chi connectivity index (χ1n) is 18.7. The van der Waals surface area contributed by atoms with Crippen LogP contribution in [0.15, 0.2) is 69.9 Å². The second-order valence-electron chi connectivity index (χ2n) is 21.1. The Labute approximate surface area is 284 Å². The maximum absolute atomic E-state index is 4.85. The topological polar surface area (TPSA) is 0 Å². The highest BCUT2D eigenvalue weighted by atomic mass is 79.9. The van der Waals surface area contributed by atoms with Gasteiger partial charge in [0.15, 0.2) is 0 Å². The molecule has 45 heavy (non-hydrogen) atoms. The predicted molar refractivity (Wildman–Crippen MR) is 195 cm³/mol. The van der Waals surface area contributed by atoms with Crippen LogP contribution in [0.4, 0.5) is 0 Å². The maximum atomic E-state index is 4.85. The van der Waals surface area contributed by atoms with E-state index in [0.717, 1.165) is 0 Å². The van der Waals surface area contributed by atoms with Crippen LogP contribution in [0.3, 0.4) is 0 Å². The third-order valence-corrected chi connectivity index (χ3v) is 17.2. The molecule has 0 aliphatic heterocycles. The quantitative estimate of drug-likeness (QED) is 0.225. The van der Waals surface area contributed by atoms with Gasteiger partial charge in [-0.25, -0.2) is 0 Å². The standard InChI is InChI=1S/C44H61Br/c1-38(2)13-16-41(7,8)34-22-28-25(19-31(34)38)37-26-20-32-35(42(9,10)17-14-39(32,3)4)23-29(26)44(28,45)30-24-36-33(21-27(30)37)40(5,6)15-18-43(36,11)12/h19-26,28-29,33,36-37H,13-18H2,1-12H3. The van der Waals surface area contributed by atoms with Gasteiger partial charge in [0.2, 0.25) is 0 Å². The van der Waals surface area contributed by atoms with Gasteiger partial charge in [-0.1, -0.05) is 135 Å². The molecule has 6 atom stereocenters. The molecule has 9 aliphatic carbocycles. The molecule has 1 heteroatoms. The van der Waals surface area contributed by atoms with Crippen molar-refractivity contribution in [2.45, 2.75) is 126 Å². The van der Waals surface area contributed by atoms with Gasteiger partial charge >= 0.3 is 0 Å². The van der Waals surface area contributed by atoms with E-state index in [-0.39, 0.29) is 26.0 Å². The number of rotatable bonds is 0. The molecular formula is C44H61Br. The third-order valence-electron chi connectivity index (χ3n) is 15.7. The van der Waals surface area contributed by atoms with Crippen molar-refractivity contribution < 1.29 is 0 Å². The van der Waals surface area contributed by atoms with E-state index in [0.29, 0.717) is 52.3 Å². The van der Waals surface area contributed by atoms with E-state index >= 15 is 0 Å². The number of halogens is 1. The van der Waals surface area contributed by atoms with Crippen LogP contribution < -0.4 is 0 Å². The van der Waals surface area contributed by atoms with E-state index in [4.69, 9.17) is 15.9 Å². The Hall–Kier alpha value is -1.08. The zero-order valence-corrected chi connectivity index (χ0v) is 32.2. The third kappa shape index (κ3) is 4.01. The predicted octanol–water partition coefficient (Wildman–Crippen LogP) is 12.6. The minimum Gasteiger partial charge on any atom is -0.0788 e. The summed E-state index contributed by atoms with van der Waals surface area (Å²) in [6.07, 6.45) is 25.0. The van der Waals surface area contributed by atoms with Crippen LogP contribution >= 0.6 is 15.9 Å². The number of alkyl halides is 1. The monoisotopic (exact) mass is 668 g/mol. The fourth-order valence-corrected chi connectivity index (χ4v) is 13.4. The molecule has 6 saturated carbocycles. The molecule has 6 fully saturated rings. The zero-order valence-electron chi connectivity index (χ0n) is 30.6. The average Bonchev–Trinajstić information content (AvgIpc) is 2.95. The van der Waals surface area contributed by atoms with Crippen LogP contribution in [0.1, 0.15) is 122 Å². The summed E-state index contributed by atoms with van der Waals surface area (Å²) in [4.78, 5) is 0. The molecule has 0 nitrogen and oxygen atoms in total. The zero-order chi connectivity index (χ0) is 32.5. The Morgan fingerprint density at radius 1 is 0.422 bits per heavy atom. The Balaban J connectivity index is 1.39. The second-order valence-corrected chi connectivity index (χ2v) is 22.4. The van der Waals surface area contributed by atoms with Crippen LogP contribution in [-0.2, 0) is 0 Å². The average molecular weight is 670 g/mol. The van der Waals surface area contributed by atoms with Gasteiger partial charge < -0.3 is 0 Å². The molecule has 0 saturated heterocycles. The van der Waals surface area contributed by atoms with Crippen LogP contribution in [0.5, 0.6) is 0 Å². The summed E-state index contributed by atoms with van der Waals surface area (Å²) in [5, 5.41) is 0. The molecule has 6 unspecified atom stereocenters. The number of fused-ring (bicyclic) bond motifs is 3. The molecule has 0 aromatic carbocycles. The molecule has 9 rings (SSSR count). The van der Waals surface area contributed by atoms with Crippen LogP contribution in [0.25, 0.3) is 0 Å². The summed E-state index contributed by atoms with van der Waals surface area (Å²) in [6.45, 7) is 30.5. The normalized spacial score (nSPS) is 44.9. The Morgan fingerprint density at radius 3 is 1.16 bits per heavy atom. The highest BCUT2D eigenvalue weighted by Crippen LogP contribution is 2.73. The Kier molecular flexibility index (Phi) is 6.19. The van der Waals surface area contributed by atoms with E-state index in [1.165, 1.54) is 38.5 Å². The summed E-state index contributed by atoms with van der Waals surface area (Å²) >= 11 is 4.85. The van der Waals surface area contributed by atoms with Crippen molar-refractivity contribution >= 4 is 15.9 Å². The molecule has 0 aromatic rings. The highest BCUT2D eigenvalue weighted by Gasteiger charge is 2.67. The van der Waals surface area contributed by atoms with Gasteiger partial charge in [0.25, 0.3) is 0 Å². The summed E-state index contributed by atoms with van der Waals surface area (Å²) in [6, 6.07) is 0. The van der Waals surface area contributed by atoms with Crippen LogP contribution in [-0.4, -0.2) is 4.32 Å². The molecule has 0 radical (unpaired) electrons. The van der Waals surface area contributed by atoms with E-state index in [1.54, 1.807) is 33.4 Å². The van der Waals surface area contributed by atoms with Crippen molar-refractivity contribution in [2.24, 2.45) is 73.9 Å². The van der Waals surface area contributed by atoms with Crippen molar-refractivity contribution in [2.75, 3.05) is 0 Å². The van der Waals surface area contributed by atoms with Gasteiger partial charge in [0.1, 0.15) is 0 Å². The van der Waals surface area contributed by atoms with E-state index < -0.39 is 0 Å². The Morgan fingerprint density at radius 2 is 0.756 bits per heavy atom. The van der Waals surface area contributed by atoms with Gasteiger partial charge in [-0.2, -0.15) is 0 Å². The van der Waals surface area contributed by atoms with Gasteiger partial charge in [0.05, 0.1) is 4.32 Å². The van der Waals surface area contributed by atoms with Gasteiger partial charge in [-0.15, -0.1) is 0 Å².